The molecular weight excluding hydrogens is 162 g/mol. The van der Waals surface area contributed by atoms with Gasteiger partial charge < -0.3 is 10.5 Å². The highest BCUT2D eigenvalue weighted by molar-refractivity contribution is 5.50. The van der Waals surface area contributed by atoms with Gasteiger partial charge in [0.15, 0.2) is 0 Å². The highest BCUT2D eigenvalue weighted by atomic mass is 16.5. The Labute approximate surface area is 77.7 Å². The molecule has 0 amide bonds. The lowest BCUT2D eigenvalue weighted by molar-refractivity contribution is 0.353. The third-order valence-electron chi connectivity index (χ3n) is 2.25. The normalized spacial score (nSPS) is 13.2. The lowest BCUT2D eigenvalue weighted by Crippen LogP contribution is -2.00. The van der Waals surface area contributed by atoms with Crippen molar-refractivity contribution in [2.75, 3.05) is 6.61 Å². The summed E-state index contributed by atoms with van der Waals surface area (Å²) in [6.07, 6.45) is 6.28. The van der Waals surface area contributed by atoms with Crippen molar-refractivity contribution >= 4 is 0 Å². The van der Waals surface area contributed by atoms with Crippen molar-refractivity contribution in [3.63, 3.8) is 0 Å². The maximum atomic E-state index is 5.60. The van der Waals surface area contributed by atoms with Gasteiger partial charge >= 0.3 is 0 Å². The Kier molecular flexibility index (Phi) is 1.96. The molecule has 0 spiro atoms. The molecule has 0 radical (unpaired) electrons. The number of hydrogen-bond acceptors (Lipinski definition) is 2. The van der Waals surface area contributed by atoms with Crippen LogP contribution in [0.15, 0.2) is 12.1 Å². The number of nitrogens with two attached hydrogens (primary N) is 1. The number of rotatable bonds is 1. The molecule has 2 N–H and O–H groups in total. The molecule has 66 valence electrons. The van der Waals surface area contributed by atoms with Gasteiger partial charge in [-0.15, -0.1) is 6.42 Å². The summed E-state index contributed by atoms with van der Waals surface area (Å²) < 4.78 is 5.47. The molecule has 0 fully saturated rings. The second kappa shape index (κ2) is 3.12. The first-order valence-electron chi connectivity index (χ1n) is 4.30. The van der Waals surface area contributed by atoms with Crippen LogP contribution in [0.1, 0.15) is 16.7 Å². The molecule has 0 saturated heterocycles. The van der Waals surface area contributed by atoms with Crippen LogP contribution in [-0.2, 0) is 13.0 Å². The van der Waals surface area contributed by atoms with E-state index < -0.39 is 0 Å². The molecule has 1 heterocycles. The maximum Gasteiger partial charge on any atom is 0.127 e. The molecule has 1 aliphatic rings. The van der Waals surface area contributed by atoms with Gasteiger partial charge in [0.25, 0.3) is 0 Å². The standard InChI is InChI=1S/C11H11NO/c1-2-8-5-9-3-4-13-11(9)10(6-8)7-12/h1,5-6H,3-4,7,12H2. The number of terminal acetylenes is 1. The second-order valence-corrected chi connectivity index (χ2v) is 3.07. The Morgan fingerprint density at radius 2 is 2.38 bits per heavy atom. The van der Waals surface area contributed by atoms with Gasteiger partial charge in [0, 0.05) is 24.1 Å². The van der Waals surface area contributed by atoms with Crippen molar-refractivity contribution in [2.24, 2.45) is 5.73 Å². The van der Waals surface area contributed by atoms with Crippen molar-refractivity contribution in [3.8, 4) is 18.1 Å². The first-order valence-corrected chi connectivity index (χ1v) is 4.30. The minimum Gasteiger partial charge on any atom is -0.493 e. The van der Waals surface area contributed by atoms with E-state index in [4.69, 9.17) is 16.9 Å². The van der Waals surface area contributed by atoms with Crippen LogP contribution in [0.2, 0.25) is 0 Å². The molecule has 0 saturated carbocycles. The summed E-state index contributed by atoms with van der Waals surface area (Å²) in [6, 6.07) is 3.92. The molecule has 0 aliphatic carbocycles. The Hall–Kier alpha value is -1.46. The predicted molar refractivity (Wildman–Crippen MR) is 51.5 cm³/mol. The highest BCUT2D eigenvalue weighted by Gasteiger charge is 2.16. The van der Waals surface area contributed by atoms with Crippen LogP contribution in [0.3, 0.4) is 0 Å². The van der Waals surface area contributed by atoms with Gasteiger partial charge in [0.2, 0.25) is 0 Å². The zero-order chi connectivity index (χ0) is 9.26. The van der Waals surface area contributed by atoms with Crippen LogP contribution in [0.25, 0.3) is 0 Å². The summed E-state index contributed by atoms with van der Waals surface area (Å²) in [6.45, 7) is 1.23. The van der Waals surface area contributed by atoms with E-state index in [0.29, 0.717) is 6.54 Å². The lowest BCUT2D eigenvalue weighted by Gasteiger charge is -2.06. The fourth-order valence-corrected chi connectivity index (χ4v) is 1.62. The molecule has 1 aromatic carbocycles. The van der Waals surface area contributed by atoms with Gasteiger partial charge in [-0.05, 0) is 17.7 Å². The van der Waals surface area contributed by atoms with Gasteiger partial charge in [-0.25, -0.2) is 0 Å². The van der Waals surface area contributed by atoms with Crippen LogP contribution >= 0.6 is 0 Å². The van der Waals surface area contributed by atoms with E-state index in [1.54, 1.807) is 0 Å². The zero-order valence-electron chi connectivity index (χ0n) is 7.34. The van der Waals surface area contributed by atoms with Crippen molar-refractivity contribution in [3.05, 3.63) is 28.8 Å². The molecule has 2 heteroatoms. The third kappa shape index (κ3) is 1.28. The van der Waals surface area contributed by atoms with Gasteiger partial charge in [-0.1, -0.05) is 5.92 Å². The summed E-state index contributed by atoms with van der Waals surface area (Å²) in [5.41, 5.74) is 8.70. The summed E-state index contributed by atoms with van der Waals surface area (Å²) in [5, 5.41) is 0. The fourth-order valence-electron chi connectivity index (χ4n) is 1.62. The quantitative estimate of drug-likeness (QED) is 0.644. The Morgan fingerprint density at radius 3 is 3.08 bits per heavy atom. The SMILES string of the molecule is C#Cc1cc(CN)c2c(c1)CCO2. The van der Waals surface area contributed by atoms with E-state index in [-0.39, 0.29) is 0 Å². The molecule has 13 heavy (non-hydrogen) atoms. The topological polar surface area (TPSA) is 35.2 Å². The smallest absolute Gasteiger partial charge is 0.127 e. The maximum absolute atomic E-state index is 5.60. The predicted octanol–water partition coefficient (Wildman–Crippen LogP) is 1.06. The van der Waals surface area contributed by atoms with Gasteiger partial charge in [0.05, 0.1) is 6.61 Å². The number of fused-ring (bicyclic) bond motifs is 1. The summed E-state index contributed by atoms with van der Waals surface area (Å²) in [4.78, 5) is 0. The summed E-state index contributed by atoms with van der Waals surface area (Å²) in [5.74, 6) is 3.57. The molecule has 2 nitrogen and oxygen atoms in total. The highest BCUT2D eigenvalue weighted by Crippen LogP contribution is 2.30. The van der Waals surface area contributed by atoms with Crippen molar-refractivity contribution in [2.45, 2.75) is 13.0 Å². The van der Waals surface area contributed by atoms with Crippen LogP contribution in [-0.4, -0.2) is 6.61 Å². The van der Waals surface area contributed by atoms with Gasteiger partial charge in [-0.2, -0.15) is 0 Å². The number of ether oxygens (including phenoxy) is 1. The Bertz CT molecular complexity index is 376. The first-order chi connectivity index (χ1) is 6.35. The van der Waals surface area contributed by atoms with Crippen molar-refractivity contribution < 1.29 is 4.74 Å². The molecule has 1 aromatic rings. The molecule has 2 rings (SSSR count). The van der Waals surface area contributed by atoms with E-state index in [1.165, 1.54) is 5.56 Å². The summed E-state index contributed by atoms with van der Waals surface area (Å²) in [7, 11) is 0. The minimum absolute atomic E-state index is 0.484. The van der Waals surface area contributed by atoms with E-state index in [9.17, 15) is 0 Å². The molecule has 0 unspecified atom stereocenters. The minimum atomic E-state index is 0.484. The van der Waals surface area contributed by atoms with Crippen LogP contribution in [0, 0.1) is 12.3 Å². The van der Waals surface area contributed by atoms with Crippen LogP contribution in [0.5, 0.6) is 5.75 Å². The molecule has 0 atom stereocenters. The monoisotopic (exact) mass is 173 g/mol. The lowest BCUT2D eigenvalue weighted by atomic mass is 10.0. The van der Waals surface area contributed by atoms with Crippen LogP contribution in [0.4, 0.5) is 0 Å². The first kappa shape index (κ1) is 8.15. The van der Waals surface area contributed by atoms with E-state index >= 15 is 0 Å². The molecular formula is C11H11NO. The second-order valence-electron chi connectivity index (χ2n) is 3.07. The van der Waals surface area contributed by atoms with Gasteiger partial charge in [0.1, 0.15) is 5.75 Å². The fraction of sp³-hybridized carbons (Fsp3) is 0.273. The largest absolute Gasteiger partial charge is 0.493 e. The van der Waals surface area contributed by atoms with Crippen LogP contribution < -0.4 is 10.5 Å². The average Bonchev–Trinajstić information content (AvgIpc) is 2.63. The van der Waals surface area contributed by atoms with Crippen molar-refractivity contribution in [1.29, 1.82) is 0 Å². The van der Waals surface area contributed by atoms with Crippen molar-refractivity contribution in [1.82, 2.24) is 0 Å². The average molecular weight is 173 g/mol. The summed E-state index contributed by atoms with van der Waals surface area (Å²) >= 11 is 0. The Morgan fingerprint density at radius 1 is 1.54 bits per heavy atom. The number of hydrogen-bond donors (Lipinski definition) is 1. The number of benzene rings is 1. The molecule has 0 aromatic heterocycles. The van der Waals surface area contributed by atoms with Gasteiger partial charge in [-0.3, -0.25) is 0 Å². The van der Waals surface area contributed by atoms with E-state index in [0.717, 1.165) is 29.9 Å². The zero-order valence-corrected chi connectivity index (χ0v) is 7.34. The molecule has 1 aliphatic heterocycles. The molecule has 0 bridgehead atoms. The Balaban J connectivity index is 2.57. The van der Waals surface area contributed by atoms with E-state index in [2.05, 4.69) is 5.92 Å². The van der Waals surface area contributed by atoms with E-state index in [1.807, 2.05) is 12.1 Å². The third-order valence-corrected chi connectivity index (χ3v) is 2.25.